The van der Waals surface area contributed by atoms with Gasteiger partial charge in [0.25, 0.3) is 0 Å². The fourth-order valence-corrected chi connectivity index (χ4v) is 8.44. The Morgan fingerprint density at radius 2 is 1.80 bits per heavy atom. The van der Waals surface area contributed by atoms with Crippen molar-refractivity contribution in [3.8, 4) is 0 Å². The van der Waals surface area contributed by atoms with Crippen LogP contribution in [0.2, 0.25) is 35.7 Å². The Balaban J connectivity index is 1.67. The molecule has 3 aromatic carbocycles. The minimum Gasteiger partial charge on any atom is -0.444 e. The van der Waals surface area contributed by atoms with Crippen molar-refractivity contribution in [1.29, 1.82) is 0 Å². The molecule has 0 aromatic heterocycles. The maximum atomic E-state index is 15.5. The van der Waals surface area contributed by atoms with Gasteiger partial charge in [-0.25, -0.2) is 9.18 Å². The van der Waals surface area contributed by atoms with E-state index >= 15 is 9.18 Å². The molecule has 0 bridgehead atoms. The number of amides is 2. The first-order valence-corrected chi connectivity index (χ1v) is 21.4. The third-order valence-electron chi connectivity index (χ3n) is 9.41. The summed E-state index contributed by atoms with van der Waals surface area (Å²) in [6.07, 6.45) is 0.0525. The van der Waals surface area contributed by atoms with Crippen LogP contribution in [0.1, 0.15) is 61.4 Å². The quantitative estimate of drug-likeness (QED) is 0.167. The van der Waals surface area contributed by atoms with Crippen molar-refractivity contribution in [1.82, 2.24) is 10.2 Å². The number of piperidine rings is 1. The standard InChI is InChI=1S/C38H48Cl2FN3O4Si/c1-25-11-13-29(41)23-30(25)31-15-17-43(18-16-42-36(46)48-37(2,3)4)34(26-9-8-10-27(39)21-26)38(31)32-14-12-28(40)22-33(32)44(35(38)45)24-47-19-20-49(5,6)7/h8-14,21-23,31,34H,15-20,24H2,1-7H3,(H,42,46)/t31?,34-,38?/m1/s1. The summed E-state index contributed by atoms with van der Waals surface area (Å²) in [4.78, 5) is 32.1. The molecule has 2 aliphatic rings. The normalized spacial score (nSPS) is 21.3. The van der Waals surface area contributed by atoms with E-state index in [-0.39, 0.29) is 25.0 Å². The third kappa shape index (κ3) is 8.18. The van der Waals surface area contributed by atoms with Gasteiger partial charge in [0.15, 0.2) is 0 Å². The molecule has 0 aliphatic carbocycles. The summed E-state index contributed by atoms with van der Waals surface area (Å²) in [6.45, 7) is 16.2. The molecule has 3 atom stereocenters. The number of likely N-dealkylation sites (tertiary alicyclic amines) is 1. The number of alkyl carbamates (subject to hydrolysis) is 1. The van der Waals surface area contributed by atoms with E-state index < -0.39 is 37.1 Å². The Labute approximate surface area is 301 Å². The number of fused-ring (bicyclic) bond motifs is 2. The zero-order chi connectivity index (χ0) is 35.7. The van der Waals surface area contributed by atoms with Crippen molar-refractivity contribution < 1.29 is 23.5 Å². The van der Waals surface area contributed by atoms with Crippen LogP contribution in [0.15, 0.2) is 60.7 Å². The molecular weight excluding hydrogens is 680 g/mol. The van der Waals surface area contributed by atoms with Gasteiger partial charge in [-0.2, -0.15) is 0 Å². The molecule has 2 unspecified atom stereocenters. The van der Waals surface area contributed by atoms with Gasteiger partial charge in [0.1, 0.15) is 23.6 Å². The minimum absolute atomic E-state index is 0.0652. The molecule has 264 valence electrons. The highest BCUT2D eigenvalue weighted by atomic mass is 35.5. The topological polar surface area (TPSA) is 71.1 Å². The third-order valence-corrected chi connectivity index (χ3v) is 11.6. The van der Waals surface area contributed by atoms with Crippen LogP contribution >= 0.6 is 23.2 Å². The maximum Gasteiger partial charge on any atom is 0.407 e. The number of nitrogens with zero attached hydrogens (tertiary/aromatic N) is 2. The molecule has 5 rings (SSSR count). The van der Waals surface area contributed by atoms with Crippen molar-refractivity contribution in [2.45, 2.75) is 82.8 Å². The fraction of sp³-hybridized carbons (Fsp3) is 0.474. The lowest BCUT2D eigenvalue weighted by Gasteiger charge is -2.52. The molecule has 2 amide bonds. The van der Waals surface area contributed by atoms with E-state index in [2.05, 4.69) is 29.9 Å². The predicted molar refractivity (Wildman–Crippen MR) is 198 cm³/mol. The zero-order valence-corrected chi connectivity index (χ0v) is 32.1. The van der Waals surface area contributed by atoms with Crippen LogP contribution in [-0.4, -0.2) is 63.5 Å². The molecule has 3 aromatic rings. The molecule has 49 heavy (non-hydrogen) atoms. The Morgan fingerprint density at radius 3 is 2.49 bits per heavy atom. The van der Waals surface area contributed by atoms with E-state index in [1.807, 2.05) is 70.2 Å². The molecule has 1 saturated heterocycles. The van der Waals surface area contributed by atoms with Crippen LogP contribution in [0.5, 0.6) is 0 Å². The largest absolute Gasteiger partial charge is 0.444 e. The van der Waals surface area contributed by atoms with Gasteiger partial charge in [-0.3, -0.25) is 14.6 Å². The van der Waals surface area contributed by atoms with E-state index in [4.69, 9.17) is 32.7 Å². The van der Waals surface area contributed by atoms with E-state index in [0.717, 1.165) is 28.3 Å². The van der Waals surface area contributed by atoms with Crippen molar-refractivity contribution in [3.63, 3.8) is 0 Å². The van der Waals surface area contributed by atoms with Gasteiger partial charge in [0, 0.05) is 43.7 Å². The number of hydrogen-bond donors (Lipinski definition) is 1. The maximum absolute atomic E-state index is 15.5. The molecule has 0 radical (unpaired) electrons. The van der Waals surface area contributed by atoms with Crippen molar-refractivity contribution in [3.05, 3.63) is 98.8 Å². The summed E-state index contributed by atoms with van der Waals surface area (Å²) >= 11 is 13.3. The molecule has 11 heteroatoms. The molecule has 1 N–H and O–H groups in total. The first-order valence-electron chi connectivity index (χ1n) is 16.9. The van der Waals surface area contributed by atoms with E-state index in [0.29, 0.717) is 41.8 Å². The lowest BCUT2D eigenvalue weighted by atomic mass is 9.58. The van der Waals surface area contributed by atoms with Gasteiger partial charge >= 0.3 is 6.09 Å². The SMILES string of the molecule is Cc1ccc(F)cc1C1CCN(CCNC(=O)OC(C)(C)C)[C@H](c2cccc(Cl)c2)C12C(=O)N(COCC[Si](C)(C)C)c1cc(Cl)ccc12. The van der Waals surface area contributed by atoms with Crippen molar-refractivity contribution in [2.24, 2.45) is 0 Å². The molecule has 0 saturated carbocycles. The van der Waals surface area contributed by atoms with Gasteiger partial charge in [-0.15, -0.1) is 0 Å². The number of rotatable bonds is 10. The Hall–Kier alpha value is -2.95. The number of carbonyl (C=O) groups is 2. The van der Waals surface area contributed by atoms with Crippen LogP contribution in [-0.2, 0) is 19.7 Å². The summed E-state index contributed by atoms with van der Waals surface area (Å²) < 4.78 is 26.8. The van der Waals surface area contributed by atoms with Gasteiger partial charge in [0.05, 0.1) is 11.7 Å². The summed E-state index contributed by atoms with van der Waals surface area (Å²) in [6, 6.07) is 18.4. The highest BCUT2D eigenvalue weighted by Crippen LogP contribution is 2.61. The van der Waals surface area contributed by atoms with E-state index in [1.165, 1.54) is 6.07 Å². The lowest BCUT2D eigenvalue weighted by molar-refractivity contribution is -0.130. The molecule has 2 heterocycles. The summed E-state index contributed by atoms with van der Waals surface area (Å²) in [7, 11) is -1.38. The highest BCUT2D eigenvalue weighted by molar-refractivity contribution is 6.76. The Kier molecular flexibility index (Phi) is 11.2. The average Bonchev–Trinajstić information content (AvgIpc) is 3.22. The first-order chi connectivity index (χ1) is 23.0. The Morgan fingerprint density at radius 1 is 1.06 bits per heavy atom. The second-order valence-electron chi connectivity index (χ2n) is 15.4. The number of carbonyl (C=O) groups excluding carboxylic acids is 2. The summed E-state index contributed by atoms with van der Waals surface area (Å²) in [5, 5.41) is 3.93. The van der Waals surface area contributed by atoms with Gasteiger partial charge in [0.2, 0.25) is 5.91 Å². The number of hydrogen-bond acceptors (Lipinski definition) is 5. The second-order valence-corrected chi connectivity index (χ2v) is 21.9. The molecule has 1 fully saturated rings. The number of anilines is 1. The first kappa shape index (κ1) is 37.3. The lowest BCUT2D eigenvalue weighted by Crippen LogP contribution is -2.59. The van der Waals surface area contributed by atoms with Crippen LogP contribution in [0.4, 0.5) is 14.9 Å². The number of halogens is 3. The second kappa shape index (κ2) is 14.7. The smallest absolute Gasteiger partial charge is 0.407 e. The number of ether oxygens (including phenoxy) is 2. The monoisotopic (exact) mass is 727 g/mol. The molecule has 7 nitrogen and oxygen atoms in total. The van der Waals surface area contributed by atoms with E-state index in [1.54, 1.807) is 17.0 Å². The van der Waals surface area contributed by atoms with Crippen LogP contribution in [0, 0.1) is 12.7 Å². The van der Waals surface area contributed by atoms with Crippen LogP contribution in [0.25, 0.3) is 0 Å². The summed E-state index contributed by atoms with van der Waals surface area (Å²) in [5.41, 5.74) is 2.18. The van der Waals surface area contributed by atoms with Gasteiger partial charge in [-0.05, 0) is 105 Å². The Bertz CT molecular complexity index is 1690. The average molecular weight is 729 g/mol. The highest BCUT2D eigenvalue weighted by Gasteiger charge is 2.63. The van der Waals surface area contributed by atoms with Crippen molar-refractivity contribution in [2.75, 3.05) is 37.9 Å². The summed E-state index contributed by atoms with van der Waals surface area (Å²) in [5.74, 6) is -0.893. The molecule has 2 aliphatic heterocycles. The number of aryl methyl sites for hydroxylation is 1. The minimum atomic E-state index is -1.38. The molecular formula is C38H48Cl2FN3O4Si. The van der Waals surface area contributed by atoms with Gasteiger partial charge in [-0.1, -0.05) is 67.1 Å². The predicted octanol–water partition coefficient (Wildman–Crippen LogP) is 9.09. The fourth-order valence-electron chi connectivity index (χ4n) is 7.31. The van der Waals surface area contributed by atoms with Crippen molar-refractivity contribution >= 4 is 49.0 Å². The van der Waals surface area contributed by atoms with Crippen LogP contribution in [0.3, 0.4) is 0 Å². The zero-order valence-electron chi connectivity index (χ0n) is 29.5. The van der Waals surface area contributed by atoms with Crippen LogP contribution < -0.4 is 10.2 Å². The van der Waals surface area contributed by atoms with Gasteiger partial charge < -0.3 is 14.8 Å². The molecule has 1 spiro atoms. The number of benzene rings is 3. The number of nitrogens with one attached hydrogen (secondary N) is 1. The van der Waals surface area contributed by atoms with E-state index in [9.17, 15) is 4.79 Å².